The fourth-order valence-corrected chi connectivity index (χ4v) is 2.76. The molecule has 2 rings (SSSR count). The SMILES string of the molecule is CCC1CN(C(C)CNCc2ccco2)CCN1C. The Hall–Kier alpha value is -0.840. The van der Waals surface area contributed by atoms with E-state index in [4.69, 9.17) is 4.42 Å². The molecule has 0 bridgehead atoms. The summed E-state index contributed by atoms with van der Waals surface area (Å²) in [5.74, 6) is 1.01. The van der Waals surface area contributed by atoms with Crippen molar-refractivity contribution in [1.29, 1.82) is 0 Å². The van der Waals surface area contributed by atoms with Gasteiger partial charge in [0.15, 0.2) is 0 Å². The van der Waals surface area contributed by atoms with E-state index >= 15 is 0 Å². The lowest BCUT2D eigenvalue weighted by molar-refractivity contribution is 0.0673. The summed E-state index contributed by atoms with van der Waals surface area (Å²) in [6, 6.07) is 5.24. The van der Waals surface area contributed by atoms with Gasteiger partial charge < -0.3 is 14.6 Å². The number of furan rings is 1. The van der Waals surface area contributed by atoms with Gasteiger partial charge >= 0.3 is 0 Å². The first-order valence-electron chi connectivity index (χ1n) is 7.38. The second kappa shape index (κ2) is 7.08. The fraction of sp³-hybridized carbons (Fsp3) is 0.733. The summed E-state index contributed by atoms with van der Waals surface area (Å²) >= 11 is 0. The van der Waals surface area contributed by atoms with E-state index in [1.54, 1.807) is 6.26 Å². The summed E-state index contributed by atoms with van der Waals surface area (Å²) < 4.78 is 5.33. The Kier molecular flexibility index (Phi) is 5.43. The van der Waals surface area contributed by atoms with Gasteiger partial charge in [0.2, 0.25) is 0 Å². The molecular weight excluding hydrogens is 238 g/mol. The lowest BCUT2D eigenvalue weighted by Gasteiger charge is -2.42. The van der Waals surface area contributed by atoms with Gasteiger partial charge in [-0.15, -0.1) is 0 Å². The molecule has 4 heteroatoms. The number of piperazine rings is 1. The Morgan fingerprint density at radius 3 is 3.00 bits per heavy atom. The largest absolute Gasteiger partial charge is 0.468 e. The second-order valence-corrected chi connectivity index (χ2v) is 5.60. The highest BCUT2D eigenvalue weighted by molar-refractivity contribution is 4.97. The molecule has 1 aromatic heterocycles. The van der Waals surface area contributed by atoms with Crippen LogP contribution < -0.4 is 5.32 Å². The Balaban J connectivity index is 1.72. The molecule has 0 aliphatic carbocycles. The van der Waals surface area contributed by atoms with Gasteiger partial charge in [-0.25, -0.2) is 0 Å². The molecule has 0 spiro atoms. The van der Waals surface area contributed by atoms with Crippen molar-refractivity contribution in [3.63, 3.8) is 0 Å². The smallest absolute Gasteiger partial charge is 0.117 e. The van der Waals surface area contributed by atoms with Crippen molar-refractivity contribution in [2.75, 3.05) is 33.2 Å². The van der Waals surface area contributed by atoms with Crippen LogP contribution in [0, 0.1) is 0 Å². The number of hydrogen-bond donors (Lipinski definition) is 1. The van der Waals surface area contributed by atoms with Crippen LogP contribution in [0.3, 0.4) is 0 Å². The third kappa shape index (κ3) is 4.06. The van der Waals surface area contributed by atoms with Crippen molar-refractivity contribution in [3.8, 4) is 0 Å². The molecule has 19 heavy (non-hydrogen) atoms. The average Bonchev–Trinajstić information content (AvgIpc) is 2.92. The molecule has 4 nitrogen and oxygen atoms in total. The summed E-state index contributed by atoms with van der Waals surface area (Å²) in [4.78, 5) is 5.09. The van der Waals surface area contributed by atoms with Crippen LogP contribution in [0.15, 0.2) is 22.8 Å². The molecule has 0 amide bonds. The summed E-state index contributed by atoms with van der Waals surface area (Å²) in [5, 5.41) is 3.48. The number of likely N-dealkylation sites (N-methyl/N-ethyl adjacent to an activating group) is 1. The predicted molar refractivity (Wildman–Crippen MR) is 78.2 cm³/mol. The standard InChI is InChI=1S/C15H27N3O/c1-4-14-12-18(8-7-17(14)3)13(2)10-16-11-15-6-5-9-19-15/h5-6,9,13-14,16H,4,7-8,10-12H2,1-3H3. The molecule has 0 radical (unpaired) electrons. The lowest BCUT2D eigenvalue weighted by atomic mass is 10.1. The topological polar surface area (TPSA) is 31.6 Å². The molecule has 1 aliphatic rings. The van der Waals surface area contributed by atoms with Gasteiger partial charge in [-0.1, -0.05) is 6.92 Å². The lowest BCUT2D eigenvalue weighted by Crippen LogP contribution is -2.55. The maximum absolute atomic E-state index is 5.33. The van der Waals surface area contributed by atoms with Crippen LogP contribution in [0.4, 0.5) is 0 Å². The van der Waals surface area contributed by atoms with Gasteiger partial charge in [0.05, 0.1) is 12.8 Å². The van der Waals surface area contributed by atoms with Crippen LogP contribution in [0.5, 0.6) is 0 Å². The third-order valence-corrected chi connectivity index (χ3v) is 4.22. The van der Waals surface area contributed by atoms with E-state index in [1.165, 1.54) is 26.1 Å². The number of nitrogens with one attached hydrogen (secondary N) is 1. The van der Waals surface area contributed by atoms with Crippen LogP contribution in [0.1, 0.15) is 26.0 Å². The average molecular weight is 265 g/mol. The van der Waals surface area contributed by atoms with Gasteiger partial charge in [0.25, 0.3) is 0 Å². The van der Waals surface area contributed by atoms with Crippen LogP contribution in [0.25, 0.3) is 0 Å². The minimum Gasteiger partial charge on any atom is -0.468 e. The Labute approximate surface area is 116 Å². The highest BCUT2D eigenvalue weighted by Gasteiger charge is 2.25. The van der Waals surface area contributed by atoms with Gasteiger partial charge in [-0.05, 0) is 32.5 Å². The molecule has 108 valence electrons. The zero-order chi connectivity index (χ0) is 13.7. The Morgan fingerprint density at radius 1 is 1.47 bits per heavy atom. The van der Waals surface area contributed by atoms with Crippen molar-refractivity contribution < 1.29 is 4.42 Å². The predicted octanol–water partition coefficient (Wildman–Crippen LogP) is 1.78. The van der Waals surface area contributed by atoms with Crippen LogP contribution in [-0.2, 0) is 6.54 Å². The first kappa shape index (κ1) is 14.6. The van der Waals surface area contributed by atoms with Crippen LogP contribution in [-0.4, -0.2) is 55.1 Å². The monoisotopic (exact) mass is 265 g/mol. The maximum atomic E-state index is 5.33. The summed E-state index contributed by atoms with van der Waals surface area (Å²) in [7, 11) is 2.24. The van der Waals surface area contributed by atoms with Gasteiger partial charge in [-0.2, -0.15) is 0 Å². The van der Waals surface area contributed by atoms with Crippen molar-refractivity contribution >= 4 is 0 Å². The molecule has 1 aliphatic heterocycles. The van der Waals surface area contributed by atoms with Gasteiger partial charge in [-0.3, -0.25) is 4.90 Å². The van der Waals surface area contributed by atoms with Gasteiger partial charge in [0.1, 0.15) is 5.76 Å². The maximum Gasteiger partial charge on any atom is 0.117 e. The first-order chi connectivity index (χ1) is 9.20. The molecule has 1 fully saturated rings. The molecule has 1 saturated heterocycles. The van der Waals surface area contributed by atoms with E-state index in [0.717, 1.165) is 18.8 Å². The quantitative estimate of drug-likeness (QED) is 0.850. The highest BCUT2D eigenvalue weighted by atomic mass is 16.3. The molecule has 2 atom stereocenters. The first-order valence-corrected chi connectivity index (χ1v) is 7.38. The van der Waals surface area contributed by atoms with E-state index in [-0.39, 0.29) is 0 Å². The van der Waals surface area contributed by atoms with E-state index in [2.05, 4.69) is 36.0 Å². The van der Waals surface area contributed by atoms with Crippen molar-refractivity contribution in [1.82, 2.24) is 15.1 Å². The minimum atomic E-state index is 0.581. The fourth-order valence-electron chi connectivity index (χ4n) is 2.76. The van der Waals surface area contributed by atoms with Crippen LogP contribution in [0.2, 0.25) is 0 Å². The molecule has 0 aromatic carbocycles. The minimum absolute atomic E-state index is 0.581. The van der Waals surface area contributed by atoms with E-state index in [1.807, 2.05) is 12.1 Å². The van der Waals surface area contributed by atoms with E-state index < -0.39 is 0 Å². The third-order valence-electron chi connectivity index (χ3n) is 4.22. The molecular formula is C15H27N3O. The van der Waals surface area contributed by atoms with Gasteiger partial charge in [0, 0.05) is 38.3 Å². The van der Waals surface area contributed by atoms with E-state index in [9.17, 15) is 0 Å². The van der Waals surface area contributed by atoms with Crippen molar-refractivity contribution in [3.05, 3.63) is 24.2 Å². The van der Waals surface area contributed by atoms with Crippen molar-refractivity contribution in [2.24, 2.45) is 0 Å². The highest BCUT2D eigenvalue weighted by Crippen LogP contribution is 2.13. The molecule has 1 aromatic rings. The zero-order valence-electron chi connectivity index (χ0n) is 12.4. The van der Waals surface area contributed by atoms with E-state index in [0.29, 0.717) is 12.1 Å². The number of hydrogen-bond acceptors (Lipinski definition) is 4. The van der Waals surface area contributed by atoms with Crippen molar-refractivity contribution in [2.45, 2.75) is 38.9 Å². The van der Waals surface area contributed by atoms with Crippen LogP contribution >= 0.6 is 0 Å². The molecule has 2 heterocycles. The Bertz CT molecular complexity index is 352. The number of rotatable bonds is 6. The number of nitrogens with zero attached hydrogens (tertiary/aromatic N) is 2. The second-order valence-electron chi connectivity index (χ2n) is 5.60. The summed E-state index contributed by atoms with van der Waals surface area (Å²) in [5.41, 5.74) is 0. The summed E-state index contributed by atoms with van der Waals surface area (Å²) in [6.07, 6.45) is 2.96. The molecule has 0 saturated carbocycles. The molecule has 1 N–H and O–H groups in total. The molecule has 2 unspecified atom stereocenters. The zero-order valence-corrected chi connectivity index (χ0v) is 12.4. The summed E-state index contributed by atoms with van der Waals surface area (Å²) in [6.45, 7) is 9.98. The normalized spacial score (nSPS) is 23.6. The Morgan fingerprint density at radius 2 is 2.32 bits per heavy atom.